The van der Waals surface area contributed by atoms with E-state index < -0.39 is 0 Å². The van der Waals surface area contributed by atoms with E-state index >= 15 is 0 Å². The number of hydrogen-bond donors (Lipinski definition) is 2. The normalized spacial score (nSPS) is 14.4. The number of rotatable bonds is 10. The fourth-order valence-electron chi connectivity index (χ4n) is 1.34. The standard InChI is InChI=1S/C11H22N2O2S2/c1-8(14)9(6-16-3)13-5-11(15)10(12-2)7-17-4/h9-10,12-13H,5-7H2,1-4H3. The molecular formula is C11H22N2O2S2. The molecule has 0 aliphatic rings. The summed E-state index contributed by atoms with van der Waals surface area (Å²) in [6, 6.07) is -0.361. The number of hydrogen-bond acceptors (Lipinski definition) is 6. The van der Waals surface area contributed by atoms with Crippen LogP contribution in [-0.4, -0.2) is 61.3 Å². The Morgan fingerprint density at radius 2 is 1.65 bits per heavy atom. The van der Waals surface area contributed by atoms with Gasteiger partial charge in [0.2, 0.25) is 0 Å². The SMILES string of the molecule is CNC(CSC)C(=O)CNC(CSC)C(C)=O. The summed E-state index contributed by atoms with van der Waals surface area (Å²) in [7, 11) is 1.78. The third-order valence-corrected chi connectivity index (χ3v) is 3.75. The topological polar surface area (TPSA) is 58.2 Å². The summed E-state index contributed by atoms with van der Waals surface area (Å²) >= 11 is 3.23. The van der Waals surface area contributed by atoms with E-state index in [1.54, 1.807) is 37.5 Å². The van der Waals surface area contributed by atoms with Crippen molar-refractivity contribution >= 4 is 35.1 Å². The Kier molecular flexibility index (Phi) is 9.91. The Hall–Kier alpha value is -0.0400. The summed E-state index contributed by atoms with van der Waals surface area (Å²) in [4.78, 5) is 23.1. The number of thioether (sulfide) groups is 2. The van der Waals surface area contributed by atoms with Crippen molar-refractivity contribution in [2.24, 2.45) is 0 Å². The van der Waals surface area contributed by atoms with Crippen LogP contribution in [0.15, 0.2) is 0 Å². The molecule has 0 saturated carbocycles. The molecule has 6 heteroatoms. The lowest BCUT2D eigenvalue weighted by Gasteiger charge is -2.17. The molecule has 2 N–H and O–H groups in total. The highest BCUT2D eigenvalue weighted by atomic mass is 32.2. The Morgan fingerprint density at radius 1 is 1.12 bits per heavy atom. The van der Waals surface area contributed by atoms with Crippen molar-refractivity contribution in [1.82, 2.24) is 10.6 Å². The van der Waals surface area contributed by atoms with Crippen LogP contribution in [0.5, 0.6) is 0 Å². The van der Waals surface area contributed by atoms with Gasteiger partial charge in [-0.2, -0.15) is 23.5 Å². The molecule has 0 saturated heterocycles. The number of nitrogens with one attached hydrogen (secondary N) is 2. The highest BCUT2D eigenvalue weighted by Gasteiger charge is 2.18. The van der Waals surface area contributed by atoms with E-state index in [4.69, 9.17) is 0 Å². The third kappa shape index (κ3) is 7.08. The third-order valence-electron chi connectivity index (χ3n) is 2.42. The molecule has 4 nitrogen and oxygen atoms in total. The summed E-state index contributed by atoms with van der Waals surface area (Å²) in [5, 5.41) is 6.01. The van der Waals surface area contributed by atoms with Gasteiger partial charge in [-0.05, 0) is 26.5 Å². The molecule has 0 aromatic rings. The van der Waals surface area contributed by atoms with Crippen molar-refractivity contribution in [1.29, 1.82) is 0 Å². The zero-order valence-electron chi connectivity index (χ0n) is 10.9. The second-order valence-electron chi connectivity index (χ2n) is 3.76. The minimum Gasteiger partial charge on any atom is -0.310 e. The van der Waals surface area contributed by atoms with Crippen molar-refractivity contribution < 1.29 is 9.59 Å². The van der Waals surface area contributed by atoms with Crippen LogP contribution in [0.3, 0.4) is 0 Å². The Morgan fingerprint density at radius 3 is 2.06 bits per heavy atom. The van der Waals surface area contributed by atoms with Crippen molar-refractivity contribution in [2.45, 2.75) is 19.0 Å². The van der Waals surface area contributed by atoms with Gasteiger partial charge in [0.1, 0.15) is 5.78 Å². The quantitative estimate of drug-likeness (QED) is 0.604. The summed E-state index contributed by atoms with van der Waals surface area (Å²) in [5.41, 5.74) is 0. The first-order chi connectivity index (χ1) is 8.06. The van der Waals surface area contributed by atoms with Gasteiger partial charge in [-0.25, -0.2) is 0 Å². The van der Waals surface area contributed by atoms with Crippen LogP contribution in [0.4, 0.5) is 0 Å². The number of likely N-dealkylation sites (N-methyl/N-ethyl adjacent to an activating group) is 1. The van der Waals surface area contributed by atoms with E-state index in [0.29, 0.717) is 5.75 Å². The lowest BCUT2D eigenvalue weighted by Crippen LogP contribution is -2.46. The van der Waals surface area contributed by atoms with Gasteiger partial charge in [0.25, 0.3) is 0 Å². The highest BCUT2D eigenvalue weighted by molar-refractivity contribution is 7.98. The minimum absolute atomic E-state index is 0.0815. The minimum atomic E-state index is -0.222. The molecule has 0 spiro atoms. The first-order valence-electron chi connectivity index (χ1n) is 5.48. The molecule has 0 aliphatic carbocycles. The van der Waals surface area contributed by atoms with Crippen LogP contribution < -0.4 is 10.6 Å². The van der Waals surface area contributed by atoms with Crippen molar-refractivity contribution in [3.8, 4) is 0 Å². The summed E-state index contributed by atoms with van der Waals surface area (Å²) in [6.07, 6.45) is 3.92. The average molecular weight is 278 g/mol. The van der Waals surface area contributed by atoms with Gasteiger partial charge in [0, 0.05) is 11.5 Å². The average Bonchev–Trinajstić information content (AvgIpc) is 2.30. The second-order valence-corrected chi connectivity index (χ2v) is 5.58. The van der Waals surface area contributed by atoms with E-state index in [-0.39, 0.29) is 30.2 Å². The molecule has 2 unspecified atom stereocenters. The number of Topliss-reactive ketones (excluding diaryl/α,β-unsaturated/α-hetero) is 2. The Labute approximate surface area is 112 Å². The first kappa shape index (κ1) is 17.0. The van der Waals surface area contributed by atoms with Crippen molar-refractivity contribution in [2.75, 3.05) is 37.6 Å². The lowest BCUT2D eigenvalue weighted by molar-refractivity contribution is -0.120. The van der Waals surface area contributed by atoms with Crippen molar-refractivity contribution in [3.63, 3.8) is 0 Å². The van der Waals surface area contributed by atoms with E-state index in [0.717, 1.165) is 5.75 Å². The molecule has 0 bridgehead atoms. The fourth-order valence-corrected chi connectivity index (χ4v) is 2.71. The molecule has 100 valence electrons. The van der Waals surface area contributed by atoms with Gasteiger partial charge in [-0.15, -0.1) is 0 Å². The van der Waals surface area contributed by atoms with Crippen LogP contribution in [0.2, 0.25) is 0 Å². The summed E-state index contributed by atoms with van der Waals surface area (Å²) in [6.45, 7) is 1.80. The molecule has 2 atom stereocenters. The maximum atomic E-state index is 11.8. The van der Waals surface area contributed by atoms with Gasteiger partial charge >= 0.3 is 0 Å². The van der Waals surface area contributed by atoms with Gasteiger partial charge in [-0.3, -0.25) is 14.9 Å². The van der Waals surface area contributed by atoms with Crippen LogP contribution >= 0.6 is 23.5 Å². The molecule has 0 heterocycles. The van der Waals surface area contributed by atoms with Gasteiger partial charge < -0.3 is 5.32 Å². The van der Waals surface area contributed by atoms with E-state index in [2.05, 4.69) is 10.6 Å². The fraction of sp³-hybridized carbons (Fsp3) is 0.818. The number of carbonyl (C=O) groups excluding carboxylic acids is 2. The molecule has 0 rings (SSSR count). The zero-order chi connectivity index (χ0) is 13.3. The van der Waals surface area contributed by atoms with E-state index in [1.807, 2.05) is 12.5 Å². The predicted molar refractivity (Wildman–Crippen MR) is 77.1 cm³/mol. The molecule has 0 amide bonds. The van der Waals surface area contributed by atoms with E-state index in [1.165, 1.54) is 0 Å². The Balaban J connectivity index is 4.14. The van der Waals surface area contributed by atoms with Gasteiger partial charge in [0.15, 0.2) is 5.78 Å². The molecule has 0 aliphatic heterocycles. The summed E-state index contributed by atoms with van der Waals surface area (Å²) < 4.78 is 0. The van der Waals surface area contributed by atoms with Crippen LogP contribution in [0.25, 0.3) is 0 Å². The molecule has 0 aromatic heterocycles. The Bertz CT molecular complexity index is 250. The maximum absolute atomic E-state index is 11.8. The van der Waals surface area contributed by atoms with Crippen molar-refractivity contribution in [3.05, 3.63) is 0 Å². The molecule has 0 radical (unpaired) electrons. The van der Waals surface area contributed by atoms with Crippen LogP contribution in [0, 0.1) is 0 Å². The van der Waals surface area contributed by atoms with Gasteiger partial charge in [-0.1, -0.05) is 0 Å². The summed E-state index contributed by atoms with van der Waals surface area (Å²) in [5.74, 6) is 1.65. The van der Waals surface area contributed by atoms with E-state index in [9.17, 15) is 9.59 Å². The second kappa shape index (κ2) is 9.94. The van der Waals surface area contributed by atoms with Crippen LogP contribution in [0.1, 0.15) is 6.92 Å². The largest absolute Gasteiger partial charge is 0.310 e. The first-order valence-corrected chi connectivity index (χ1v) is 8.27. The highest BCUT2D eigenvalue weighted by Crippen LogP contribution is 2.00. The molecule has 0 fully saturated rings. The van der Waals surface area contributed by atoms with Gasteiger partial charge in [0.05, 0.1) is 18.6 Å². The maximum Gasteiger partial charge on any atom is 0.164 e. The number of ketones is 2. The monoisotopic (exact) mass is 278 g/mol. The number of carbonyl (C=O) groups is 2. The lowest BCUT2D eigenvalue weighted by atomic mass is 10.2. The zero-order valence-corrected chi connectivity index (χ0v) is 12.5. The molecular weight excluding hydrogens is 256 g/mol. The molecule has 0 aromatic carbocycles. The predicted octanol–water partition coefficient (Wildman–Crippen LogP) is 0.417. The smallest absolute Gasteiger partial charge is 0.164 e. The molecule has 17 heavy (non-hydrogen) atoms. The van der Waals surface area contributed by atoms with Crippen LogP contribution in [-0.2, 0) is 9.59 Å².